The summed E-state index contributed by atoms with van der Waals surface area (Å²) in [5, 5.41) is 11.3. The van der Waals surface area contributed by atoms with Crippen molar-refractivity contribution in [2.24, 2.45) is 0 Å². The van der Waals surface area contributed by atoms with Gasteiger partial charge in [-0.15, -0.1) is 0 Å². The number of likely N-dealkylation sites (tertiary alicyclic amines) is 1. The van der Waals surface area contributed by atoms with Crippen molar-refractivity contribution in [1.82, 2.24) is 4.90 Å². The highest BCUT2D eigenvalue weighted by Crippen LogP contribution is 2.20. The van der Waals surface area contributed by atoms with Gasteiger partial charge in [-0.25, -0.2) is 8.78 Å². The highest BCUT2D eigenvalue weighted by molar-refractivity contribution is 5.50. The smallest absolute Gasteiger partial charge is 0.150 e. The third-order valence-corrected chi connectivity index (χ3v) is 3.10. The lowest BCUT2D eigenvalue weighted by Crippen LogP contribution is -2.26. The lowest BCUT2D eigenvalue weighted by molar-refractivity contribution is 0.352. The molecule has 96 valence electrons. The molecule has 1 aliphatic heterocycles. The molecule has 0 amide bonds. The molecule has 0 aromatic heterocycles. The van der Waals surface area contributed by atoms with Crippen LogP contribution in [0.3, 0.4) is 0 Å². The summed E-state index contributed by atoms with van der Waals surface area (Å²) < 4.78 is 27.1. The van der Waals surface area contributed by atoms with E-state index in [0.717, 1.165) is 31.8 Å². The predicted molar refractivity (Wildman–Crippen MR) is 65.2 cm³/mol. The van der Waals surface area contributed by atoms with Crippen molar-refractivity contribution in [2.75, 3.05) is 31.5 Å². The van der Waals surface area contributed by atoms with Crippen molar-refractivity contribution in [3.63, 3.8) is 0 Å². The summed E-state index contributed by atoms with van der Waals surface area (Å²) in [6, 6.07) is 3.81. The Morgan fingerprint density at radius 2 is 1.83 bits per heavy atom. The van der Waals surface area contributed by atoms with Crippen LogP contribution in [-0.4, -0.2) is 31.1 Å². The number of hydrogen-bond donors (Lipinski definition) is 1. The number of rotatable bonds is 4. The number of halogens is 2. The van der Waals surface area contributed by atoms with Gasteiger partial charge in [0, 0.05) is 13.1 Å². The van der Waals surface area contributed by atoms with Crippen molar-refractivity contribution in [1.29, 1.82) is 5.26 Å². The second kappa shape index (κ2) is 5.78. The second-order valence-electron chi connectivity index (χ2n) is 4.40. The predicted octanol–water partition coefficient (Wildman–Crippen LogP) is 2.34. The molecule has 0 spiro atoms. The molecular weight excluding hydrogens is 236 g/mol. The first kappa shape index (κ1) is 12.8. The molecule has 3 nitrogen and oxygen atoms in total. The van der Waals surface area contributed by atoms with Gasteiger partial charge in [0.1, 0.15) is 5.69 Å². The van der Waals surface area contributed by atoms with E-state index in [1.807, 2.05) is 0 Å². The molecule has 0 saturated carbocycles. The third-order valence-electron chi connectivity index (χ3n) is 3.10. The Bertz CT molecular complexity index is 439. The third kappa shape index (κ3) is 2.96. The molecule has 1 saturated heterocycles. The molecule has 0 bridgehead atoms. The zero-order valence-electron chi connectivity index (χ0n) is 10.0. The summed E-state index contributed by atoms with van der Waals surface area (Å²) in [7, 11) is 0. The first-order chi connectivity index (χ1) is 8.70. The fourth-order valence-electron chi connectivity index (χ4n) is 2.15. The van der Waals surface area contributed by atoms with Crippen molar-refractivity contribution >= 4 is 5.69 Å². The van der Waals surface area contributed by atoms with Gasteiger partial charge in [-0.05, 0) is 38.1 Å². The van der Waals surface area contributed by atoms with Gasteiger partial charge in [-0.1, -0.05) is 0 Å². The largest absolute Gasteiger partial charge is 0.379 e. The average molecular weight is 251 g/mol. The Morgan fingerprint density at radius 1 is 1.22 bits per heavy atom. The number of hydrogen-bond acceptors (Lipinski definition) is 3. The minimum absolute atomic E-state index is 0.00454. The van der Waals surface area contributed by atoms with Crippen LogP contribution in [0, 0.1) is 23.0 Å². The van der Waals surface area contributed by atoms with Crippen molar-refractivity contribution in [3.8, 4) is 6.07 Å². The van der Waals surface area contributed by atoms with Crippen LogP contribution in [0.15, 0.2) is 12.1 Å². The molecule has 1 aromatic rings. The zero-order valence-corrected chi connectivity index (χ0v) is 10.0. The van der Waals surface area contributed by atoms with Gasteiger partial charge in [0.05, 0.1) is 11.6 Å². The van der Waals surface area contributed by atoms with Crippen LogP contribution in [0.5, 0.6) is 0 Å². The first-order valence-corrected chi connectivity index (χ1v) is 6.06. The molecule has 5 heteroatoms. The minimum Gasteiger partial charge on any atom is -0.379 e. The molecule has 1 fully saturated rings. The van der Waals surface area contributed by atoms with Crippen LogP contribution in [-0.2, 0) is 0 Å². The highest BCUT2D eigenvalue weighted by atomic mass is 19.1. The minimum atomic E-state index is -0.715. The maximum atomic E-state index is 13.5. The van der Waals surface area contributed by atoms with Gasteiger partial charge in [0.15, 0.2) is 11.6 Å². The maximum Gasteiger partial charge on any atom is 0.150 e. The van der Waals surface area contributed by atoms with Gasteiger partial charge in [-0.2, -0.15) is 5.26 Å². The maximum absolute atomic E-state index is 13.5. The second-order valence-corrected chi connectivity index (χ2v) is 4.40. The molecule has 0 aliphatic carbocycles. The number of nitriles is 1. The van der Waals surface area contributed by atoms with E-state index in [0.29, 0.717) is 6.54 Å². The van der Waals surface area contributed by atoms with Crippen molar-refractivity contribution in [2.45, 2.75) is 12.8 Å². The fraction of sp³-hybridized carbons (Fsp3) is 0.462. The first-order valence-electron chi connectivity index (χ1n) is 6.06. The molecule has 1 heterocycles. The van der Waals surface area contributed by atoms with Crippen molar-refractivity contribution in [3.05, 3.63) is 29.3 Å². The molecule has 0 unspecified atom stereocenters. The highest BCUT2D eigenvalue weighted by Gasteiger charge is 2.13. The van der Waals surface area contributed by atoms with Crippen LogP contribution >= 0.6 is 0 Å². The molecule has 1 N–H and O–H groups in total. The summed E-state index contributed by atoms with van der Waals surface area (Å²) in [4.78, 5) is 2.26. The van der Waals surface area contributed by atoms with Crippen LogP contribution in [0.1, 0.15) is 18.4 Å². The zero-order chi connectivity index (χ0) is 13.0. The Kier molecular flexibility index (Phi) is 4.11. The SMILES string of the molecule is N#Cc1cc(F)c(NCCN2CCCC2)c(F)c1. The molecule has 0 radical (unpaired) electrons. The molecule has 2 rings (SSSR count). The molecular formula is C13H15F2N3. The number of nitrogens with zero attached hydrogens (tertiary/aromatic N) is 2. The van der Waals surface area contributed by atoms with E-state index in [9.17, 15) is 8.78 Å². The summed E-state index contributed by atoms with van der Waals surface area (Å²) in [5.74, 6) is -1.43. The van der Waals surface area contributed by atoms with Gasteiger partial charge >= 0.3 is 0 Å². The number of nitrogens with one attached hydrogen (secondary N) is 1. The van der Waals surface area contributed by atoms with E-state index in [1.165, 1.54) is 12.8 Å². The van der Waals surface area contributed by atoms with E-state index >= 15 is 0 Å². The van der Waals surface area contributed by atoms with Gasteiger partial charge in [0.2, 0.25) is 0 Å². The van der Waals surface area contributed by atoms with Gasteiger partial charge in [0.25, 0.3) is 0 Å². The van der Waals surface area contributed by atoms with Crippen LogP contribution in [0.4, 0.5) is 14.5 Å². The fourth-order valence-corrected chi connectivity index (χ4v) is 2.15. The number of benzene rings is 1. The Labute approximate surface area is 105 Å². The monoisotopic (exact) mass is 251 g/mol. The lowest BCUT2D eigenvalue weighted by Gasteiger charge is -2.16. The summed E-state index contributed by atoms with van der Waals surface area (Å²) in [6.45, 7) is 3.39. The van der Waals surface area contributed by atoms with E-state index in [1.54, 1.807) is 6.07 Å². The standard InChI is InChI=1S/C13H15F2N3/c14-11-7-10(9-16)8-12(15)13(11)17-3-6-18-4-1-2-5-18/h7-8,17H,1-6H2. The van der Waals surface area contributed by atoms with Crippen LogP contribution < -0.4 is 5.32 Å². The van der Waals surface area contributed by atoms with Crippen LogP contribution in [0.25, 0.3) is 0 Å². The van der Waals surface area contributed by atoms with Crippen LogP contribution in [0.2, 0.25) is 0 Å². The van der Waals surface area contributed by atoms with E-state index in [-0.39, 0.29) is 11.3 Å². The summed E-state index contributed by atoms with van der Waals surface area (Å²) in [6.07, 6.45) is 2.39. The molecule has 1 aromatic carbocycles. The van der Waals surface area contributed by atoms with Crippen molar-refractivity contribution < 1.29 is 8.78 Å². The summed E-state index contributed by atoms with van der Waals surface area (Å²) >= 11 is 0. The summed E-state index contributed by atoms with van der Waals surface area (Å²) in [5.41, 5.74) is -0.150. The molecule has 0 atom stereocenters. The average Bonchev–Trinajstić information content (AvgIpc) is 2.85. The quantitative estimate of drug-likeness (QED) is 0.892. The molecule has 18 heavy (non-hydrogen) atoms. The Morgan fingerprint density at radius 3 is 2.39 bits per heavy atom. The lowest BCUT2D eigenvalue weighted by atomic mass is 10.2. The van der Waals surface area contributed by atoms with Gasteiger partial charge in [-0.3, -0.25) is 0 Å². The molecule has 1 aliphatic rings. The van der Waals surface area contributed by atoms with E-state index in [2.05, 4.69) is 10.2 Å². The van der Waals surface area contributed by atoms with Gasteiger partial charge < -0.3 is 10.2 Å². The Balaban J connectivity index is 1.94. The Hall–Kier alpha value is -1.67. The van der Waals surface area contributed by atoms with E-state index < -0.39 is 11.6 Å². The normalized spacial score (nSPS) is 15.6. The number of anilines is 1. The van der Waals surface area contributed by atoms with E-state index in [4.69, 9.17) is 5.26 Å². The topological polar surface area (TPSA) is 39.1 Å².